The van der Waals surface area contributed by atoms with Crippen molar-refractivity contribution in [2.45, 2.75) is 43.9 Å². The Balaban J connectivity index is 1.43. The molecule has 0 atom stereocenters. The molecule has 3 aromatic carbocycles. The predicted octanol–water partition coefficient (Wildman–Crippen LogP) is 6.63. The molecule has 0 saturated carbocycles. The van der Waals surface area contributed by atoms with E-state index in [4.69, 9.17) is 0 Å². The first-order chi connectivity index (χ1) is 15.6. The second kappa shape index (κ2) is 8.96. The monoisotopic (exact) mass is 453 g/mol. The minimum Gasteiger partial charge on any atom is -0.385 e. The predicted molar refractivity (Wildman–Crippen MR) is 126 cm³/mol. The van der Waals surface area contributed by atoms with Gasteiger partial charge in [0.15, 0.2) is 0 Å². The molecule has 0 amide bonds. The lowest BCUT2D eigenvalue weighted by atomic mass is 9.79. The van der Waals surface area contributed by atoms with Gasteiger partial charge in [0.25, 0.3) is 0 Å². The Morgan fingerprint density at radius 2 is 1.33 bits per heavy atom. The summed E-state index contributed by atoms with van der Waals surface area (Å²) in [5.41, 5.74) is 1.23. The van der Waals surface area contributed by atoms with Crippen molar-refractivity contribution < 1.29 is 18.3 Å². The van der Waals surface area contributed by atoms with Gasteiger partial charge in [0, 0.05) is 25.0 Å². The largest absolute Gasteiger partial charge is 0.416 e. The number of hydrogen-bond donors (Lipinski definition) is 1. The smallest absolute Gasteiger partial charge is 0.385 e. The van der Waals surface area contributed by atoms with Gasteiger partial charge in [0.05, 0.1) is 11.2 Å². The van der Waals surface area contributed by atoms with Crippen molar-refractivity contribution in [3.63, 3.8) is 0 Å². The Kier molecular flexibility index (Phi) is 6.39. The van der Waals surface area contributed by atoms with Crippen molar-refractivity contribution in [3.05, 3.63) is 95.6 Å². The minimum atomic E-state index is -4.47. The molecule has 0 unspecified atom stereocenters. The van der Waals surface area contributed by atoms with Gasteiger partial charge >= 0.3 is 6.18 Å². The number of rotatable bonds is 5. The van der Waals surface area contributed by atoms with E-state index >= 15 is 0 Å². The maximum absolute atomic E-state index is 13.5. The van der Waals surface area contributed by atoms with E-state index in [-0.39, 0.29) is 23.8 Å². The van der Waals surface area contributed by atoms with Crippen LogP contribution in [0.15, 0.2) is 78.9 Å². The van der Waals surface area contributed by atoms with Gasteiger partial charge in [-0.05, 0) is 41.2 Å². The molecule has 1 N–H and O–H groups in total. The molecule has 1 fully saturated rings. The van der Waals surface area contributed by atoms with Crippen LogP contribution in [0.25, 0.3) is 11.1 Å². The summed E-state index contributed by atoms with van der Waals surface area (Å²) in [5, 5.41) is 11.1. The van der Waals surface area contributed by atoms with E-state index in [2.05, 4.69) is 55.1 Å². The molecule has 1 heterocycles. The summed E-state index contributed by atoms with van der Waals surface area (Å²) in [6.45, 7) is 6.24. The van der Waals surface area contributed by atoms with E-state index in [0.717, 1.165) is 12.6 Å². The SMILES string of the molecule is CC(C)(CN1CCC(O)(c2ccccc2C(F)(F)F)CC1)c1ccc(-c2ccccc2)cc1. The van der Waals surface area contributed by atoms with Crippen LogP contribution in [0.4, 0.5) is 13.2 Å². The summed E-state index contributed by atoms with van der Waals surface area (Å²) >= 11 is 0. The first-order valence-corrected chi connectivity index (χ1v) is 11.4. The third-order valence-corrected chi connectivity index (χ3v) is 6.81. The van der Waals surface area contributed by atoms with E-state index in [1.165, 1.54) is 28.8 Å². The number of likely N-dealkylation sites (tertiary alicyclic amines) is 1. The lowest BCUT2D eigenvalue weighted by Crippen LogP contribution is -2.47. The Morgan fingerprint density at radius 1 is 0.788 bits per heavy atom. The second-order valence-electron chi connectivity index (χ2n) is 9.68. The standard InChI is InChI=1S/C28H30F3NO/c1-26(2,23-14-12-22(13-15-23)21-8-4-3-5-9-21)20-32-18-16-27(33,17-19-32)24-10-6-7-11-25(24)28(29,30)31/h3-15,33H,16-20H2,1-2H3. The topological polar surface area (TPSA) is 23.5 Å². The van der Waals surface area contributed by atoms with Gasteiger partial charge in [0.2, 0.25) is 0 Å². The van der Waals surface area contributed by atoms with Crippen LogP contribution < -0.4 is 0 Å². The van der Waals surface area contributed by atoms with Crippen LogP contribution >= 0.6 is 0 Å². The number of halogens is 3. The van der Waals surface area contributed by atoms with Gasteiger partial charge in [-0.3, -0.25) is 0 Å². The van der Waals surface area contributed by atoms with Crippen molar-refractivity contribution in [2.75, 3.05) is 19.6 Å². The minimum absolute atomic E-state index is 0.00656. The summed E-state index contributed by atoms with van der Waals surface area (Å²) in [4.78, 5) is 2.25. The van der Waals surface area contributed by atoms with Crippen LogP contribution in [0.2, 0.25) is 0 Å². The highest BCUT2D eigenvalue weighted by Gasteiger charge is 2.42. The molecule has 1 saturated heterocycles. The summed E-state index contributed by atoms with van der Waals surface area (Å²) in [6, 6.07) is 24.2. The summed E-state index contributed by atoms with van der Waals surface area (Å²) in [7, 11) is 0. The molecule has 0 radical (unpaired) electrons. The van der Waals surface area contributed by atoms with Crippen molar-refractivity contribution in [1.82, 2.24) is 4.90 Å². The number of aliphatic hydroxyl groups is 1. The highest BCUT2D eigenvalue weighted by molar-refractivity contribution is 5.63. The number of piperidine rings is 1. The number of benzene rings is 3. The van der Waals surface area contributed by atoms with Crippen molar-refractivity contribution in [2.24, 2.45) is 0 Å². The zero-order valence-corrected chi connectivity index (χ0v) is 19.1. The Morgan fingerprint density at radius 3 is 1.94 bits per heavy atom. The van der Waals surface area contributed by atoms with Gasteiger partial charge in [-0.25, -0.2) is 0 Å². The molecular formula is C28H30F3NO. The molecule has 33 heavy (non-hydrogen) atoms. The Bertz CT molecular complexity index is 1070. The average molecular weight is 454 g/mol. The maximum Gasteiger partial charge on any atom is 0.416 e. The van der Waals surface area contributed by atoms with Gasteiger partial charge < -0.3 is 10.0 Å². The molecule has 1 aliphatic heterocycles. The zero-order valence-electron chi connectivity index (χ0n) is 19.1. The van der Waals surface area contributed by atoms with Crippen molar-refractivity contribution in [1.29, 1.82) is 0 Å². The van der Waals surface area contributed by atoms with Crippen LogP contribution in [-0.2, 0) is 17.2 Å². The molecule has 1 aliphatic rings. The third-order valence-electron chi connectivity index (χ3n) is 6.81. The zero-order chi connectivity index (χ0) is 23.7. The molecule has 3 aromatic rings. The number of hydrogen-bond acceptors (Lipinski definition) is 2. The second-order valence-corrected chi connectivity index (χ2v) is 9.68. The van der Waals surface area contributed by atoms with Crippen LogP contribution in [0.5, 0.6) is 0 Å². The van der Waals surface area contributed by atoms with Gasteiger partial charge in [-0.1, -0.05) is 86.6 Å². The fraction of sp³-hybridized carbons (Fsp3) is 0.357. The molecule has 0 aromatic heterocycles. The highest BCUT2D eigenvalue weighted by atomic mass is 19.4. The van der Waals surface area contributed by atoms with Crippen molar-refractivity contribution in [3.8, 4) is 11.1 Å². The van der Waals surface area contributed by atoms with Gasteiger partial charge in [-0.2, -0.15) is 13.2 Å². The maximum atomic E-state index is 13.5. The molecular weight excluding hydrogens is 423 g/mol. The molecule has 5 heteroatoms. The van der Waals surface area contributed by atoms with E-state index in [0.29, 0.717) is 13.1 Å². The summed E-state index contributed by atoms with van der Waals surface area (Å²) in [5.74, 6) is 0. The molecule has 2 nitrogen and oxygen atoms in total. The highest BCUT2D eigenvalue weighted by Crippen LogP contribution is 2.41. The van der Waals surface area contributed by atoms with E-state index < -0.39 is 17.3 Å². The molecule has 0 bridgehead atoms. The quantitative estimate of drug-likeness (QED) is 0.468. The average Bonchev–Trinajstić information content (AvgIpc) is 2.81. The van der Waals surface area contributed by atoms with Crippen LogP contribution in [0.1, 0.15) is 43.4 Å². The third kappa shape index (κ3) is 5.15. The normalized spacial score (nSPS) is 17.2. The van der Waals surface area contributed by atoms with Crippen LogP contribution in [0.3, 0.4) is 0 Å². The fourth-order valence-corrected chi connectivity index (χ4v) is 4.88. The van der Waals surface area contributed by atoms with E-state index in [1.54, 1.807) is 6.07 Å². The molecule has 0 aliphatic carbocycles. The van der Waals surface area contributed by atoms with Crippen LogP contribution in [0, 0.1) is 0 Å². The van der Waals surface area contributed by atoms with E-state index in [9.17, 15) is 18.3 Å². The lowest BCUT2D eigenvalue weighted by molar-refractivity contribution is -0.142. The molecule has 174 valence electrons. The number of alkyl halides is 3. The fourth-order valence-electron chi connectivity index (χ4n) is 4.88. The Labute approximate surface area is 193 Å². The summed E-state index contributed by atoms with van der Waals surface area (Å²) < 4.78 is 40.4. The first-order valence-electron chi connectivity index (χ1n) is 11.4. The molecule has 0 spiro atoms. The Hall–Kier alpha value is -2.63. The van der Waals surface area contributed by atoms with Crippen molar-refractivity contribution >= 4 is 0 Å². The van der Waals surface area contributed by atoms with E-state index in [1.807, 2.05) is 18.2 Å². The van der Waals surface area contributed by atoms with Gasteiger partial charge in [0.1, 0.15) is 0 Å². The lowest BCUT2D eigenvalue weighted by Gasteiger charge is -2.42. The first kappa shape index (κ1) is 23.5. The van der Waals surface area contributed by atoms with Crippen LogP contribution in [-0.4, -0.2) is 29.6 Å². The summed E-state index contributed by atoms with van der Waals surface area (Å²) in [6.07, 6.45) is -3.91. The molecule has 4 rings (SSSR count). The van der Waals surface area contributed by atoms with Gasteiger partial charge in [-0.15, -0.1) is 0 Å². The number of nitrogens with zero attached hydrogens (tertiary/aromatic N) is 1.